The Kier molecular flexibility index (Phi) is 3.47. The maximum atomic E-state index is 5.58. The maximum Gasteiger partial charge on any atom is 0.144 e. The van der Waals surface area contributed by atoms with E-state index < -0.39 is 0 Å². The molecule has 0 aliphatic heterocycles. The summed E-state index contributed by atoms with van der Waals surface area (Å²) in [7, 11) is 0. The zero-order chi connectivity index (χ0) is 8.81. The van der Waals surface area contributed by atoms with Gasteiger partial charge >= 0.3 is 0 Å². The molecule has 0 aromatic carbocycles. The van der Waals surface area contributed by atoms with Crippen molar-refractivity contribution in [2.24, 2.45) is 5.73 Å². The second kappa shape index (κ2) is 4.66. The summed E-state index contributed by atoms with van der Waals surface area (Å²) in [6.07, 6.45) is 5.95. The van der Waals surface area contributed by atoms with Gasteiger partial charge in [0.15, 0.2) is 0 Å². The van der Waals surface area contributed by atoms with Crippen LogP contribution >= 0.6 is 0 Å². The molecule has 4 nitrogen and oxygen atoms in total. The van der Waals surface area contributed by atoms with Gasteiger partial charge in [0, 0.05) is 25.0 Å². The van der Waals surface area contributed by atoms with Crippen LogP contribution in [-0.2, 0) is 0 Å². The van der Waals surface area contributed by atoms with Gasteiger partial charge in [-0.15, -0.1) is 0 Å². The molecule has 1 aromatic heterocycles. The molecule has 66 valence electrons. The molecule has 1 unspecified atom stereocenters. The van der Waals surface area contributed by atoms with Crippen molar-refractivity contribution in [3.05, 3.63) is 18.6 Å². The van der Waals surface area contributed by atoms with Crippen LogP contribution in [0.2, 0.25) is 0 Å². The van der Waals surface area contributed by atoms with Crippen molar-refractivity contribution in [1.82, 2.24) is 9.97 Å². The second-order valence-electron chi connectivity index (χ2n) is 2.78. The predicted molar refractivity (Wildman–Crippen MR) is 48.8 cm³/mol. The second-order valence-corrected chi connectivity index (χ2v) is 2.78. The van der Waals surface area contributed by atoms with E-state index in [9.17, 15) is 0 Å². The van der Waals surface area contributed by atoms with E-state index in [2.05, 4.69) is 15.3 Å². The first-order chi connectivity index (χ1) is 5.79. The van der Waals surface area contributed by atoms with Gasteiger partial charge in [-0.2, -0.15) is 0 Å². The van der Waals surface area contributed by atoms with E-state index in [-0.39, 0.29) is 6.04 Å². The summed E-state index contributed by atoms with van der Waals surface area (Å²) in [4.78, 5) is 7.99. The fraction of sp³-hybridized carbons (Fsp3) is 0.500. The van der Waals surface area contributed by atoms with Crippen LogP contribution in [0, 0.1) is 0 Å². The molecule has 12 heavy (non-hydrogen) atoms. The zero-order valence-corrected chi connectivity index (χ0v) is 7.20. The number of hydrogen-bond acceptors (Lipinski definition) is 4. The molecule has 0 saturated carbocycles. The fourth-order valence-corrected chi connectivity index (χ4v) is 0.818. The predicted octanol–water partition coefficient (Wildman–Crippen LogP) is 0.626. The van der Waals surface area contributed by atoms with Gasteiger partial charge in [-0.3, -0.25) is 4.98 Å². The number of nitrogens with one attached hydrogen (secondary N) is 1. The van der Waals surface area contributed by atoms with Crippen LogP contribution < -0.4 is 11.1 Å². The first kappa shape index (κ1) is 8.93. The van der Waals surface area contributed by atoms with Gasteiger partial charge in [0.05, 0.1) is 6.20 Å². The van der Waals surface area contributed by atoms with E-state index in [4.69, 9.17) is 5.73 Å². The molecule has 0 fully saturated rings. The Labute approximate surface area is 72.2 Å². The minimum atomic E-state index is 0.231. The van der Waals surface area contributed by atoms with Gasteiger partial charge in [0.2, 0.25) is 0 Å². The Balaban J connectivity index is 2.25. The van der Waals surface area contributed by atoms with E-state index in [0.717, 1.165) is 18.8 Å². The van der Waals surface area contributed by atoms with Crippen LogP contribution in [0.4, 0.5) is 5.82 Å². The molecule has 0 radical (unpaired) electrons. The lowest BCUT2D eigenvalue weighted by molar-refractivity contribution is 0.689. The van der Waals surface area contributed by atoms with Gasteiger partial charge in [-0.1, -0.05) is 0 Å². The topological polar surface area (TPSA) is 63.8 Å². The molecule has 1 heterocycles. The molecule has 0 amide bonds. The lowest BCUT2D eigenvalue weighted by Crippen LogP contribution is -2.19. The summed E-state index contributed by atoms with van der Waals surface area (Å²) in [5.74, 6) is 0.804. The molecule has 0 spiro atoms. The fourth-order valence-electron chi connectivity index (χ4n) is 0.818. The highest BCUT2D eigenvalue weighted by Crippen LogP contribution is 1.97. The van der Waals surface area contributed by atoms with Gasteiger partial charge in [0.1, 0.15) is 5.82 Å². The average Bonchev–Trinajstić information content (AvgIpc) is 2.05. The van der Waals surface area contributed by atoms with Crippen molar-refractivity contribution in [3.63, 3.8) is 0 Å². The number of anilines is 1. The van der Waals surface area contributed by atoms with Crippen LogP contribution in [-0.4, -0.2) is 22.6 Å². The van der Waals surface area contributed by atoms with Gasteiger partial charge in [-0.25, -0.2) is 4.98 Å². The molecule has 1 atom stereocenters. The van der Waals surface area contributed by atoms with Crippen molar-refractivity contribution in [3.8, 4) is 0 Å². The smallest absolute Gasteiger partial charge is 0.144 e. The zero-order valence-electron chi connectivity index (χ0n) is 7.20. The van der Waals surface area contributed by atoms with Gasteiger partial charge in [-0.05, 0) is 13.3 Å². The molecular weight excluding hydrogens is 152 g/mol. The molecule has 1 aromatic rings. The number of hydrogen-bond donors (Lipinski definition) is 2. The Bertz CT molecular complexity index is 210. The quantitative estimate of drug-likeness (QED) is 0.688. The van der Waals surface area contributed by atoms with E-state index in [0.29, 0.717) is 0 Å². The van der Waals surface area contributed by atoms with Crippen LogP contribution in [0.15, 0.2) is 18.6 Å². The van der Waals surface area contributed by atoms with Crippen molar-refractivity contribution >= 4 is 5.82 Å². The lowest BCUT2D eigenvalue weighted by Gasteiger charge is -2.06. The molecule has 0 bridgehead atoms. The Morgan fingerprint density at radius 3 is 3.00 bits per heavy atom. The van der Waals surface area contributed by atoms with E-state index >= 15 is 0 Å². The third-order valence-corrected chi connectivity index (χ3v) is 1.47. The summed E-state index contributed by atoms with van der Waals surface area (Å²) >= 11 is 0. The monoisotopic (exact) mass is 166 g/mol. The van der Waals surface area contributed by atoms with Crippen LogP contribution in [0.1, 0.15) is 13.3 Å². The van der Waals surface area contributed by atoms with Crippen molar-refractivity contribution in [1.29, 1.82) is 0 Å². The van der Waals surface area contributed by atoms with Crippen LogP contribution in [0.3, 0.4) is 0 Å². The van der Waals surface area contributed by atoms with E-state index in [1.807, 2.05) is 6.92 Å². The van der Waals surface area contributed by atoms with E-state index in [1.165, 1.54) is 0 Å². The molecule has 3 N–H and O–H groups in total. The first-order valence-corrected chi connectivity index (χ1v) is 4.04. The van der Waals surface area contributed by atoms with Crippen LogP contribution in [0.25, 0.3) is 0 Å². The van der Waals surface area contributed by atoms with E-state index in [1.54, 1.807) is 18.6 Å². The summed E-state index contributed by atoms with van der Waals surface area (Å²) in [5, 5.41) is 3.12. The summed E-state index contributed by atoms with van der Waals surface area (Å²) < 4.78 is 0. The number of nitrogens with two attached hydrogens (primary N) is 1. The normalized spacial score (nSPS) is 12.5. The number of aromatic nitrogens is 2. The Morgan fingerprint density at radius 2 is 2.42 bits per heavy atom. The Morgan fingerprint density at radius 1 is 1.58 bits per heavy atom. The third kappa shape index (κ3) is 3.30. The standard InChI is InChI=1S/C8H14N4/c1-7(9)2-3-11-8-6-10-4-5-12-8/h4-7H,2-3,9H2,1H3,(H,11,12). The number of nitrogens with zero attached hydrogens (tertiary/aromatic N) is 2. The van der Waals surface area contributed by atoms with Gasteiger partial charge in [0.25, 0.3) is 0 Å². The summed E-state index contributed by atoms with van der Waals surface area (Å²) in [6.45, 7) is 2.83. The van der Waals surface area contributed by atoms with Gasteiger partial charge < -0.3 is 11.1 Å². The largest absolute Gasteiger partial charge is 0.369 e. The number of rotatable bonds is 4. The third-order valence-electron chi connectivity index (χ3n) is 1.47. The summed E-state index contributed by atoms with van der Waals surface area (Å²) in [6, 6.07) is 0.231. The van der Waals surface area contributed by atoms with Crippen molar-refractivity contribution in [2.45, 2.75) is 19.4 Å². The van der Waals surface area contributed by atoms with Crippen molar-refractivity contribution < 1.29 is 0 Å². The molecule has 0 saturated heterocycles. The SMILES string of the molecule is CC(N)CCNc1cnccn1. The molecule has 0 aliphatic rings. The molecule has 1 rings (SSSR count). The lowest BCUT2D eigenvalue weighted by atomic mass is 10.2. The maximum absolute atomic E-state index is 5.58. The Hall–Kier alpha value is -1.16. The highest BCUT2D eigenvalue weighted by atomic mass is 15.0. The highest BCUT2D eigenvalue weighted by Gasteiger charge is 1.94. The minimum absolute atomic E-state index is 0.231. The molecule has 0 aliphatic carbocycles. The van der Waals surface area contributed by atoms with Crippen LogP contribution in [0.5, 0.6) is 0 Å². The first-order valence-electron chi connectivity index (χ1n) is 4.04. The molecule has 4 heteroatoms. The average molecular weight is 166 g/mol. The molecular formula is C8H14N4. The highest BCUT2D eigenvalue weighted by molar-refractivity contribution is 5.29. The summed E-state index contributed by atoms with van der Waals surface area (Å²) in [5.41, 5.74) is 5.58. The van der Waals surface area contributed by atoms with Crippen molar-refractivity contribution in [2.75, 3.05) is 11.9 Å². The minimum Gasteiger partial charge on any atom is -0.369 e.